The summed E-state index contributed by atoms with van der Waals surface area (Å²) in [6.07, 6.45) is -1.09. The Morgan fingerprint density at radius 1 is 1.47 bits per heavy atom. The molecule has 2 heterocycles. The molecule has 2 aliphatic heterocycles. The van der Waals surface area contributed by atoms with E-state index in [9.17, 15) is 10.2 Å². The lowest BCUT2D eigenvalue weighted by Gasteiger charge is -2.40. The second kappa shape index (κ2) is 5.14. The normalized spacial score (nSPS) is 42.9. The van der Waals surface area contributed by atoms with Gasteiger partial charge in [0.25, 0.3) is 0 Å². The maximum absolute atomic E-state index is 10.1. The molecule has 1 saturated heterocycles. The van der Waals surface area contributed by atoms with Crippen LogP contribution in [-0.4, -0.2) is 52.2 Å². The lowest BCUT2D eigenvalue weighted by molar-refractivity contribution is -0.168. The Morgan fingerprint density at radius 2 is 2.18 bits per heavy atom. The van der Waals surface area contributed by atoms with Crippen LogP contribution in [0.3, 0.4) is 0 Å². The van der Waals surface area contributed by atoms with Gasteiger partial charge in [-0.3, -0.25) is 4.99 Å². The molecule has 98 valence electrons. The van der Waals surface area contributed by atoms with E-state index in [0.717, 1.165) is 11.6 Å². The number of thioether (sulfide) groups is 1. The number of amidine groups is 1. The molecule has 0 amide bonds. The van der Waals surface area contributed by atoms with Crippen LogP contribution in [0.2, 0.25) is 0 Å². The van der Waals surface area contributed by atoms with Gasteiger partial charge in [-0.2, -0.15) is 0 Å². The number of hydrogen-bond acceptors (Lipinski definition) is 6. The number of aliphatic imine (C=N–C) groups is 1. The molecule has 6 atom stereocenters. The van der Waals surface area contributed by atoms with Gasteiger partial charge in [-0.15, -0.1) is 0 Å². The van der Waals surface area contributed by atoms with Crippen LogP contribution in [0, 0.1) is 5.92 Å². The van der Waals surface area contributed by atoms with Crippen molar-refractivity contribution in [1.29, 1.82) is 0 Å². The van der Waals surface area contributed by atoms with E-state index in [1.54, 1.807) is 7.05 Å². The number of rotatable bonds is 2. The average Bonchev–Trinajstić information content (AvgIpc) is 2.76. The summed E-state index contributed by atoms with van der Waals surface area (Å²) >= 11 is 1.48. The molecule has 3 N–H and O–H groups in total. The zero-order valence-corrected chi connectivity index (χ0v) is 11.1. The summed E-state index contributed by atoms with van der Waals surface area (Å²) in [6, 6.07) is -0.363. The van der Waals surface area contributed by atoms with E-state index in [1.807, 2.05) is 6.92 Å². The third kappa shape index (κ3) is 2.31. The number of ether oxygens (including phenoxy) is 1. The maximum Gasteiger partial charge on any atom is 0.159 e. The molecule has 0 aromatic carbocycles. The molecule has 0 aliphatic carbocycles. The topological polar surface area (TPSA) is 74.1 Å². The highest BCUT2D eigenvalue weighted by atomic mass is 32.2. The summed E-state index contributed by atoms with van der Waals surface area (Å²) < 4.78 is 5.88. The SMILES string of the molecule is CCC(C)C1O[C@@H]2SC(NC)=N[C@@H]2[C@@H](O)[C@@H]1O. The van der Waals surface area contributed by atoms with Gasteiger partial charge in [0.15, 0.2) is 5.17 Å². The number of fused-ring (bicyclic) bond motifs is 1. The minimum absolute atomic E-state index is 0.185. The Bertz CT molecular complexity index is 313. The number of nitrogens with one attached hydrogen (secondary N) is 1. The molecule has 0 aromatic heterocycles. The molecule has 2 unspecified atom stereocenters. The summed E-state index contributed by atoms with van der Waals surface area (Å²) in [7, 11) is 1.79. The van der Waals surface area contributed by atoms with Crippen LogP contribution in [0.25, 0.3) is 0 Å². The third-order valence-electron chi connectivity index (χ3n) is 3.52. The Balaban J connectivity index is 2.12. The van der Waals surface area contributed by atoms with Crippen LogP contribution < -0.4 is 5.32 Å². The van der Waals surface area contributed by atoms with E-state index in [0.29, 0.717) is 0 Å². The Hall–Kier alpha value is -0.300. The van der Waals surface area contributed by atoms with Crippen LogP contribution in [0.15, 0.2) is 4.99 Å². The van der Waals surface area contributed by atoms with Gasteiger partial charge in [0.05, 0.1) is 6.10 Å². The monoisotopic (exact) mass is 260 g/mol. The maximum atomic E-state index is 10.1. The molecule has 1 fully saturated rings. The highest BCUT2D eigenvalue weighted by molar-refractivity contribution is 8.14. The fraction of sp³-hybridized carbons (Fsp3) is 0.909. The van der Waals surface area contributed by atoms with Crippen LogP contribution >= 0.6 is 11.8 Å². The van der Waals surface area contributed by atoms with E-state index < -0.39 is 12.2 Å². The first-order valence-electron chi connectivity index (χ1n) is 6.02. The molecule has 0 saturated carbocycles. The molecule has 17 heavy (non-hydrogen) atoms. The summed E-state index contributed by atoms with van der Waals surface area (Å²) in [5.41, 5.74) is -0.185. The number of nitrogens with zero attached hydrogens (tertiary/aromatic N) is 1. The van der Waals surface area contributed by atoms with E-state index in [-0.39, 0.29) is 23.5 Å². The average molecular weight is 260 g/mol. The standard InChI is InChI=1S/C11H20N2O3S/c1-4-5(2)9-8(15)7(14)6-10(16-9)17-11(12-3)13-6/h5-10,14-15H,4H2,1-3H3,(H,12,13)/t5?,6-,7-,8+,9?,10-/m1/s1. The largest absolute Gasteiger partial charge is 0.388 e. The first kappa shape index (κ1) is 13.1. The zero-order valence-electron chi connectivity index (χ0n) is 10.3. The fourth-order valence-corrected chi connectivity index (χ4v) is 3.28. The van der Waals surface area contributed by atoms with Crippen molar-refractivity contribution >= 4 is 16.9 Å². The quantitative estimate of drug-likeness (QED) is 0.660. The van der Waals surface area contributed by atoms with Crippen molar-refractivity contribution in [3.63, 3.8) is 0 Å². The van der Waals surface area contributed by atoms with Crippen LogP contribution in [0.4, 0.5) is 0 Å². The summed E-state index contributed by atoms with van der Waals surface area (Å²) in [5, 5.41) is 23.9. The number of aliphatic hydroxyl groups excluding tert-OH is 2. The lowest BCUT2D eigenvalue weighted by Crippen LogP contribution is -2.56. The van der Waals surface area contributed by atoms with Crippen molar-refractivity contribution in [1.82, 2.24) is 5.32 Å². The van der Waals surface area contributed by atoms with Gasteiger partial charge in [-0.05, 0) is 5.92 Å². The Kier molecular flexibility index (Phi) is 3.97. The van der Waals surface area contributed by atoms with E-state index in [1.165, 1.54) is 11.8 Å². The summed E-state index contributed by atoms with van der Waals surface area (Å²) in [6.45, 7) is 4.08. The highest BCUT2D eigenvalue weighted by Gasteiger charge is 2.49. The van der Waals surface area contributed by atoms with Crippen molar-refractivity contribution in [3.05, 3.63) is 0 Å². The third-order valence-corrected chi connectivity index (χ3v) is 4.67. The highest BCUT2D eigenvalue weighted by Crippen LogP contribution is 2.37. The van der Waals surface area contributed by atoms with Gasteiger partial charge in [-0.1, -0.05) is 32.0 Å². The van der Waals surface area contributed by atoms with E-state index >= 15 is 0 Å². The molecule has 2 aliphatic rings. The van der Waals surface area contributed by atoms with Gasteiger partial charge in [-0.25, -0.2) is 0 Å². The molecular formula is C11H20N2O3S. The predicted octanol–water partition coefficient (Wildman–Crippen LogP) is 0.170. The summed E-state index contributed by atoms with van der Waals surface area (Å²) in [5.74, 6) is 0.222. The van der Waals surface area contributed by atoms with Crippen molar-refractivity contribution < 1.29 is 14.9 Å². The van der Waals surface area contributed by atoms with Crippen LogP contribution in [-0.2, 0) is 4.74 Å². The van der Waals surface area contributed by atoms with E-state index in [4.69, 9.17) is 4.74 Å². The molecule has 0 bridgehead atoms. The lowest BCUT2D eigenvalue weighted by atomic mass is 9.89. The molecular weight excluding hydrogens is 240 g/mol. The molecule has 0 aromatic rings. The summed E-state index contributed by atoms with van der Waals surface area (Å²) in [4.78, 5) is 4.31. The molecule has 0 spiro atoms. The number of aliphatic hydroxyl groups is 2. The first-order chi connectivity index (χ1) is 8.08. The first-order valence-corrected chi connectivity index (χ1v) is 6.90. The predicted molar refractivity (Wildman–Crippen MR) is 68.0 cm³/mol. The second-order valence-corrected chi connectivity index (χ2v) is 5.72. The smallest absolute Gasteiger partial charge is 0.159 e. The van der Waals surface area contributed by atoms with Crippen molar-refractivity contribution in [3.8, 4) is 0 Å². The zero-order chi connectivity index (χ0) is 12.6. The van der Waals surface area contributed by atoms with Gasteiger partial charge in [0.2, 0.25) is 0 Å². The molecule has 0 radical (unpaired) electrons. The molecule has 2 rings (SSSR count). The van der Waals surface area contributed by atoms with Gasteiger partial charge in [0.1, 0.15) is 23.7 Å². The van der Waals surface area contributed by atoms with Gasteiger partial charge < -0.3 is 20.3 Å². The molecule has 6 heteroatoms. The van der Waals surface area contributed by atoms with Crippen LogP contribution in [0.5, 0.6) is 0 Å². The van der Waals surface area contributed by atoms with E-state index in [2.05, 4.69) is 17.2 Å². The Morgan fingerprint density at radius 3 is 2.76 bits per heavy atom. The second-order valence-electron chi connectivity index (χ2n) is 4.63. The van der Waals surface area contributed by atoms with Crippen molar-refractivity contribution in [2.24, 2.45) is 10.9 Å². The minimum Gasteiger partial charge on any atom is -0.388 e. The fourth-order valence-electron chi connectivity index (χ4n) is 2.21. The van der Waals surface area contributed by atoms with Gasteiger partial charge in [0, 0.05) is 7.05 Å². The molecule has 5 nitrogen and oxygen atoms in total. The van der Waals surface area contributed by atoms with Crippen LogP contribution in [0.1, 0.15) is 20.3 Å². The minimum atomic E-state index is -0.855. The van der Waals surface area contributed by atoms with Crippen molar-refractivity contribution in [2.75, 3.05) is 7.05 Å². The number of hydrogen-bond donors (Lipinski definition) is 3. The van der Waals surface area contributed by atoms with Crippen molar-refractivity contribution in [2.45, 2.75) is 50.1 Å². The Labute approximate surface area is 106 Å². The van der Waals surface area contributed by atoms with Gasteiger partial charge >= 0.3 is 0 Å².